The third-order valence-corrected chi connectivity index (χ3v) is 2.43. The Labute approximate surface area is 175 Å². The number of hydrogen-bond acceptors (Lipinski definition) is 0. The minimum Gasteiger partial charge on any atom is -0.184 e. The molecule has 0 radical (unpaired) electrons. The van der Waals surface area contributed by atoms with Crippen molar-refractivity contribution in [1.29, 1.82) is 0 Å². The van der Waals surface area contributed by atoms with Gasteiger partial charge in [0.15, 0.2) is 0 Å². The van der Waals surface area contributed by atoms with Crippen LogP contribution in [0.5, 0.6) is 0 Å². The number of rotatable bonds is 0. The molecule has 0 aliphatic rings. The summed E-state index contributed by atoms with van der Waals surface area (Å²) < 4.78 is 0. The van der Waals surface area contributed by atoms with Gasteiger partial charge in [0.2, 0.25) is 0 Å². The fourth-order valence-electron chi connectivity index (χ4n) is 1.37. The van der Waals surface area contributed by atoms with Gasteiger partial charge in [-0.15, -0.1) is 0 Å². The van der Waals surface area contributed by atoms with Crippen molar-refractivity contribution in [2.75, 3.05) is 0 Å². The molecule has 0 aliphatic carbocycles. The monoisotopic (exact) mass is 448 g/mol. The topological polar surface area (TPSA) is 0 Å². The predicted molar refractivity (Wildman–Crippen MR) is 112 cm³/mol. The van der Waals surface area contributed by atoms with E-state index in [1.807, 2.05) is 121 Å². The molecule has 0 aromatic heterocycles. The maximum Gasteiger partial charge on any atom is 0 e. The van der Waals surface area contributed by atoms with Crippen LogP contribution in [0.1, 0.15) is 0 Å². The molecule has 0 fully saturated rings. The van der Waals surface area contributed by atoms with Crippen molar-refractivity contribution < 1.29 is 20.4 Å². The summed E-state index contributed by atoms with van der Waals surface area (Å²) in [5.41, 5.74) is 0. The Morgan fingerprint density at radius 1 is 0.269 bits per heavy atom. The molecule has 4 rings (SSSR count). The molecule has 4 aromatic rings. The van der Waals surface area contributed by atoms with Crippen LogP contribution in [0.2, 0.25) is 0 Å². The van der Waals surface area contributed by atoms with Crippen LogP contribution in [0.3, 0.4) is 0 Å². The van der Waals surface area contributed by atoms with Crippen LogP contribution in [0.4, 0.5) is 0 Å². The van der Waals surface area contributed by atoms with Crippen LogP contribution in [-0.2, 0) is 20.4 Å². The van der Waals surface area contributed by atoms with Crippen molar-refractivity contribution in [3.8, 4) is 0 Å². The van der Waals surface area contributed by atoms with Gasteiger partial charge in [0.1, 0.15) is 0 Å². The van der Waals surface area contributed by atoms with Crippen molar-refractivity contribution in [3.05, 3.63) is 146 Å². The zero-order valence-corrected chi connectivity index (χ0v) is 17.5. The zero-order chi connectivity index (χ0) is 17.0. The predicted octanol–water partition coefficient (Wildman–Crippen LogP) is 6.00. The van der Waals surface area contributed by atoms with Crippen LogP contribution < -0.4 is 0 Å². The van der Waals surface area contributed by atoms with Gasteiger partial charge in [0, 0.05) is 20.4 Å². The first-order valence-corrected chi connectivity index (χ1v) is 7.64. The van der Waals surface area contributed by atoms with E-state index in [0.717, 1.165) is 0 Å². The SMILES string of the molecule is P.[Pd].[c-]1ccccc1.[c-]1ccccc1.[c-]1ccccc1.[c-]1ccccc1. The molecular weight excluding hydrogens is 426 g/mol. The second-order valence-electron chi connectivity index (χ2n) is 4.31. The van der Waals surface area contributed by atoms with Crippen LogP contribution in [-0.4, -0.2) is 0 Å². The van der Waals surface area contributed by atoms with Crippen molar-refractivity contribution in [3.63, 3.8) is 0 Å². The molecule has 0 aliphatic heterocycles. The fraction of sp³-hybridized carbons (Fsp3) is 0. The van der Waals surface area contributed by atoms with Crippen molar-refractivity contribution >= 4 is 9.90 Å². The molecule has 4 aromatic carbocycles. The fourth-order valence-corrected chi connectivity index (χ4v) is 1.37. The molecule has 0 nitrogen and oxygen atoms in total. The third kappa shape index (κ3) is 20.0. The minimum atomic E-state index is 0. The van der Waals surface area contributed by atoms with Gasteiger partial charge in [0.25, 0.3) is 0 Å². The molecule has 0 spiro atoms. The van der Waals surface area contributed by atoms with Crippen LogP contribution in [0, 0.1) is 24.3 Å². The van der Waals surface area contributed by atoms with Gasteiger partial charge in [-0.05, 0) is 0 Å². The Morgan fingerprint density at radius 3 is 0.462 bits per heavy atom. The normalized spacial score (nSPS) is 7.38. The molecule has 26 heavy (non-hydrogen) atoms. The second-order valence-corrected chi connectivity index (χ2v) is 4.31. The third-order valence-electron chi connectivity index (χ3n) is 2.43. The van der Waals surface area contributed by atoms with Crippen molar-refractivity contribution in [1.82, 2.24) is 0 Å². The summed E-state index contributed by atoms with van der Waals surface area (Å²) in [6.45, 7) is 0. The number of benzene rings is 4. The average Bonchev–Trinajstić information content (AvgIpc) is 2.75. The van der Waals surface area contributed by atoms with Crippen LogP contribution in [0.15, 0.2) is 121 Å². The summed E-state index contributed by atoms with van der Waals surface area (Å²) in [6, 6.07) is 50.0. The Kier molecular flexibility index (Phi) is 23.2. The molecule has 0 bridgehead atoms. The smallest absolute Gasteiger partial charge is 0 e. The first kappa shape index (κ1) is 26.2. The van der Waals surface area contributed by atoms with E-state index >= 15 is 0 Å². The summed E-state index contributed by atoms with van der Waals surface area (Å²) in [6.07, 6.45) is 0. The summed E-state index contributed by atoms with van der Waals surface area (Å²) in [5, 5.41) is 0. The molecule has 0 N–H and O–H groups in total. The van der Waals surface area contributed by atoms with Gasteiger partial charge >= 0.3 is 0 Å². The quantitative estimate of drug-likeness (QED) is 0.176. The van der Waals surface area contributed by atoms with Gasteiger partial charge in [0.05, 0.1) is 0 Å². The van der Waals surface area contributed by atoms with E-state index in [-0.39, 0.29) is 30.3 Å². The summed E-state index contributed by atoms with van der Waals surface area (Å²) in [5.74, 6) is 0. The Morgan fingerprint density at radius 2 is 0.423 bits per heavy atom. The summed E-state index contributed by atoms with van der Waals surface area (Å²) in [7, 11) is 0. The maximum absolute atomic E-state index is 2.89. The first-order chi connectivity index (χ1) is 12.0. The maximum atomic E-state index is 2.89. The molecule has 1 atom stereocenters. The average molecular weight is 449 g/mol. The molecule has 2 heteroatoms. The molecule has 138 valence electrons. The molecule has 0 saturated heterocycles. The van der Waals surface area contributed by atoms with Gasteiger partial charge in [-0.1, -0.05) is 0 Å². The van der Waals surface area contributed by atoms with Crippen LogP contribution in [0.25, 0.3) is 0 Å². The van der Waals surface area contributed by atoms with E-state index in [1.54, 1.807) is 0 Å². The van der Waals surface area contributed by atoms with E-state index < -0.39 is 0 Å². The van der Waals surface area contributed by atoms with E-state index in [0.29, 0.717) is 0 Å². The summed E-state index contributed by atoms with van der Waals surface area (Å²) in [4.78, 5) is 0. The first-order valence-electron chi connectivity index (χ1n) is 7.64. The molecule has 0 amide bonds. The minimum absolute atomic E-state index is 0. The van der Waals surface area contributed by atoms with E-state index in [1.165, 1.54) is 0 Å². The van der Waals surface area contributed by atoms with Crippen LogP contribution >= 0.6 is 9.90 Å². The van der Waals surface area contributed by atoms with E-state index in [4.69, 9.17) is 0 Å². The van der Waals surface area contributed by atoms with Crippen molar-refractivity contribution in [2.45, 2.75) is 0 Å². The second kappa shape index (κ2) is 23.0. The Balaban J connectivity index is 0. The Hall–Kier alpha value is -2.03. The Bertz CT molecular complexity index is 426. The largest absolute Gasteiger partial charge is 0.184 e. The van der Waals surface area contributed by atoms with Gasteiger partial charge in [-0.3, -0.25) is 0 Å². The molecule has 0 heterocycles. The summed E-state index contributed by atoms with van der Waals surface area (Å²) >= 11 is 0. The van der Waals surface area contributed by atoms with Gasteiger partial charge in [-0.2, -0.15) is 155 Å². The zero-order valence-electron chi connectivity index (χ0n) is 14.6. The van der Waals surface area contributed by atoms with E-state index in [2.05, 4.69) is 24.3 Å². The van der Waals surface area contributed by atoms with Crippen molar-refractivity contribution in [2.24, 2.45) is 0 Å². The number of hydrogen-bond donors (Lipinski definition) is 0. The van der Waals surface area contributed by atoms with Gasteiger partial charge < -0.3 is 0 Å². The molecular formula is C24H23PPd-4. The molecule has 1 unspecified atom stereocenters. The standard InChI is InChI=1S/4C6H5.H3P.Pd/c4*1-2-4-6-5-3-1;;/h4*1-5H;1H3;/q4*-1;;. The van der Waals surface area contributed by atoms with E-state index in [9.17, 15) is 0 Å². The molecule has 0 saturated carbocycles. The van der Waals surface area contributed by atoms with Gasteiger partial charge in [-0.25, -0.2) is 0 Å².